The summed E-state index contributed by atoms with van der Waals surface area (Å²) in [4.78, 5) is 0. The van der Waals surface area contributed by atoms with Gasteiger partial charge in [-0.2, -0.15) is 0 Å². The maximum Gasteiger partial charge on any atom is 0.150 e. The van der Waals surface area contributed by atoms with Crippen LogP contribution in [0.5, 0.6) is 11.5 Å². The van der Waals surface area contributed by atoms with Gasteiger partial charge in [-0.25, -0.2) is 0 Å². The van der Waals surface area contributed by atoms with Crippen molar-refractivity contribution < 1.29 is 4.74 Å². The van der Waals surface area contributed by atoms with E-state index in [-0.39, 0.29) is 11.0 Å². The van der Waals surface area contributed by atoms with Crippen LogP contribution in [-0.2, 0) is 0 Å². The maximum absolute atomic E-state index is 5.71. The Bertz CT molecular complexity index is 397. The summed E-state index contributed by atoms with van der Waals surface area (Å²) in [5, 5.41) is 3.32. The molecular weight excluding hydrogens is 202 g/mol. The average molecular weight is 215 g/mol. The van der Waals surface area contributed by atoms with Crippen LogP contribution in [0.15, 0.2) is 48.5 Å². The second kappa shape index (κ2) is 3.79. The molecule has 1 aliphatic rings. The maximum atomic E-state index is 5.71. The van der Waals surface area contributed by atoms with Crippen molar-refractivity contribution >= 4 is 22.3 Å². The third-order valence-corrected chi connectivity index (χ3v) is 2.26. The number of ether oxygens (including phenoxy) is 1. The second-order valence-electron chi connectivity index (χ2n) is 3.22. The van der Waals surface area contributed by atoms with Gasteiger partial charge in [0.1, 0.15) is 0 Å². The molecular formula is C12H13NOSi. The van der Waals surface area contributed by atoms with E-state index in [4.69, 9.17) is 4.74 Å². The highest BCUT2D eigenvalue weighted by Gasteiger charge is 2.13. The van der Waals surface area contributed by atoms with Gasteiger partial charge >= 0.3 is 0 Å². The summed E-state index contributed by atoms with van der Waals surface area (Å²) < 4.78 is 5.71. The zero-order chi connectivity index (χ0) is 9.38. The summed E-state index contributed by atoms with van der Waals surface area (Å²) >= 11 is 0. The van der Waals surface area contributed by atoms with Gasteiger partial charge in [0.2, 0.25) is 0 Å². The summed E-state index contributed by atoms with van der Waals surface area (Å²) in [6.07, 6.45) is 0. The first kappa shape index (κ1) is 9.80. The van der Waals surface area contributed by atoms with Gasteiger partial charge in [0.25, 0.3) is 0 Å². The Morgan fingerprint density at radius 1 is 0.733 bits per heavy atom. The molecule has 2 aromatic carbocycles. The number of rotatable bonds is 0. The monoisotopic (exact) mass is 215 g/mol. The quantitative estimate of drug-likeness (QED) is 0.580. The summed E-state index contributed by atoms with van der Waals surface area (Å²) in [6.45, 7) is 0. The van der Waals surface area contributed by atoms with Crippen LogP contribution in [-0.4, -0.2) is 11.0 Å². The minimum absolute atomic E-state index is 0. The Morgan fingerprint density at radius 3 is 1.73 bits per heavy atom. The number of benzene rings is 2. The zero-order valence-electron chi connectivity index (χ0n) is 7.53. The lowest BCUT2D eigenvalue weighted by atomic mass is 10.2. The molecule has 0 saturated carbocycles. The highest BCUT2D eigenvalue weighted by molar-refractivity contribution is 5.76. The molecule has 2 aromatic rings. The summed E-state index contributed by atoms with van der Waals surface area (Å²) in [6, 6.07) is 15.8. The number of fused-ring (bicyclic) bond motifs is 2. The lowest BCUT2D eigenvalue weighted by Gasteiger charge is -2.20. The highest BCUT2D eigenvalue weighted by atomic mass is 28.1. The number of para-hydroxylation sites is 4. The Labute approximate surface area is 92.9 Å². The minimum atomic E-state index is 0. The predicted octanol–water partition coefficient (Wildman–Crippen LogP) is 2.08. The fraction of sp³-hybridized carbons (Fsp3) is 0. The van der Waals surface area contributed by atoms with E-state index in [0.29, 0.717) is 0 Å². The van der Waals surface area contributed by atoms with Crippen molar-refractivity contribution in [2.45, 2.75) is 0 Å². The molecule has 0 saturated heterocycles. The molecule has 3 heteroatoms. The third kappa shape index (κ3) is 1.61. The fourth-order valence-electron chi connectivity index (χ4n) is 1.58. The molecule has 1 heterocycles. The molecule has 0 aliphatic carbocycles. The molecule has 0 bridgehead atoms. The van der Waals surface area contributed by atoms with E-state index in [1.54, 1.807) is 0 Å². The molecule has 2 nitrogen and oxygen atoms in total. The van der Waals surface area contributed by atoms with Gasteiger partial charge in [-0.05, 0) is 35.2 Å². The molecule has 76 valence electrons. The first-order valence-electron chi connectivity index (χ1n) is 4.56. The number of hydrogen-bond donors (Lipinski definition) is 1. The van der Waals surface area contributed by atoms with Crippen LogP contribution in [0.2, 0.25) is 0 Å². The SMILES string of the molecule is [SiH4].c1ccc2c(c1)Nc1ccccc1O2. The Hall–Kier alpha value is -1.74. The Morgan fingerprint density at radius 2 is 1.20 bits per heavy atom. The highest BCUT2D eigenvalue weighted by Crippen LogP contribution is 2.40. The van der Waals surface area contributed by atoms with Crippen molar-refractivity contribution in [3.63, 3.8) is 0 Å². The van der Waals surface area contributed by atoms with Crippen LogP contribution in [0, 0.1) is 0 Å². The van der Waals surface area contributed by atoms with Gasteiger partial charge in [-0.15, -0.1) is 0 Å². The lowest BCUT2D eigenvalue weighted by molar-refractivity contribution is 0.481. The molecule has 0 unspecified atom stereocenters. The van der Waals surface area contributed by atoms with Gasteiger partial charge in [0.05, 0.1) is 11.4 Å². The Kier molecular flexibility index (Phi) is 2.47. The lowest BCUT2D eigenvalue weighted by Crippen LogP contribution is -2.01. The molecule has 1 N–H and O–H groups in total. The normalized spacial score (nSPS) is 11.2. The van der Waals surface area contributed by atoms with Crippen LogP contribution in [0.3, 0.4) is 0 Å². The summed E-state index contributed by atoms with van der Waals surface area (Å²) in [7, 11) is 0. The molecule has 1 aliphatic heterocycles. The van der Waals surface area contributed by atoms with Crippen LogP contribution >= 0.6 is 0 Å². The van der Waals surface area contributed by atoms with Crippen LogP contribution in [0.4, 0.5) is 11.4 Å². The van der Waals surface area contributed by atoms with E-state index in [2.05, 4.69) is 5.32 Å². The second-order valence-corrected chi connectivity index (χ2v) is 3.22. The van der Waals surface area contributed by atoms with E-state index >= 15 is 0 Å². The molecule has 0 amide bonds. The van der Waals surface area contributed by atoms with E-state index < -0.39 is 0 Å². The fourth-order valence-corrected chi connectivity index (χ4v) is 1.58. The van der Waals surface area contributed by atoms with E-state index in [1.165, 1.54) is 0 Å². The topological polar surface area (TPSA) is 21.3 Å². The van der Waals surface area contributed by atoms with Crippen molar-refractivity contribution in [2.75, 3.05) is 5.32 Å². The molecule has 0 atom stereocenters. The average Bonchev–Trinajstić information content (AvgIpc) is 2.26. The van der Waals surface area contributed by atoms with Crippen molar-refractivity contribution in [3.8, 4) is 11.5 Å². The first-order chi connectivity index (χ1) is 6.93. The predicted molar refractivity (Wildman–Crippen MR) is 67.6 cm³/mol. The number of hydrogen-bond acceptors (Lipinski definition) is 2. The summed E-state index contributed by atoms with van der Waals surface area (Å²) in [5.74, 6) is 1.76. The standard InChI is InChI=1S/C12H9NO.H4Si/c1-3-7-11-9(5-1)13-10-6-2-4-8-12(10)14-11;/h1-8,13H;1H4. The zero-order valence-corrected chi connectivity index (χ0v) is 7.53. The van der Waals surface area contributed by atoms with E-state index in [9.17, 15) is 0 Å². The number of nitrogens with one attached hydrogen (secondary N) is 1. The molecule has 0 aromatic heterocycles. The summed E-state index contributed by atoms with van der Waals surface area (Å²) in [5.41, 5.74) is 2.04. The van der Waals surface area contributed by atoms with Crippen LogP contribution in [0.25, 0.3) is 0 Å². The van der Waals surface area contributed by atoms with E-state index in [1.807, 2.05) is 48.5 Å². The number of anilines is 2. The van der Waals surface area contributed by atoms with Gasteiger partial charge in [-0.1, -0.05) is 24.3 Å². The molecule has 0 radical (unpaired) electrons. The van der Waals surface area contributed by atoms with E-state index in [0.717, 1.165) is 22.9 Å². The molecule has 0 spiro atoms. The van der Waals surface area contributed by atoms with Crippen LogP contribution < -0.4 is 10.1 Å². The molecule has 0 fully saturated rings. The smallest absolute Gasteiger partial charge is 0.150 e. The molecule has 15 heavy (non-hydrogen) atoms. The van der Waals surface area contributed by atoms with Gasteiger partial charge in [-0.3, -0.25) is 0 Å². The minimum Gasteiger partial charge on any atom is -0.453 e. The van der Waals surface area contributed by atoms with Gasteiger partial charge in [0, 0.05) is 0 Å². The van der Waals surface area contributed by atoms with Crippen molar-refractivity contribution in [2.24, 2.45) is 0 Å². The van der Waals surface area contributed by atoms with Crippen molar-refractivity contribution in [1.29, 1.82) is 0 Å². The van der Waals surface area contributed by atoms with Gasteiger partial charge < -0.3 is 10.1 Å². The van der Waals surface area contributed by atoms with Crippen molar-refractivity contribution in [3.05, 3.63) is 48.5 Å². The largest absolute Gasteiger partial charge is 0.453 e. The van der Waals surface area contributed by atoms with Crippen LogP contribution in [0.1, 0.15) is 0 Å². The van der Waals surface area contributed by atoms with Gasteiger partial charge in [0.15, 0.2) is 11.5 Å². The van der Waals surface area contributed by atoms with Crippen molar-refractivity contribution in [1.82, 2.24) is 0 Å². The molecule has 3 rings (SSSR count). The first-order valence-corrected chi connectivity index (χ1v) is 4.56. The third-order valence-electron chi connectivity index (χ3n) is 2.26. The Balaban J connectivity index is 0.000000853.